The zero-order valence-corrected chi connectivity index (χ0v) is 8.09. The van der Waals surface area contributed by atoms with Gasteiger partial charge in [0.05, 0.1) is 6.20 Å². The molecule has 0 amide bonds. The van der Waals surface area contributed by atoms with Crippen LogP contribution in [0.4, 0.5) is 13.2 Å². The molecule has 0 saturated heterocycles. The lowest BCUT2D eigenvalue weighted by atomic mass is 10.7. The molecule has 0 aromatic carbocycles. The highest BCUT2D eigenvalue weighted by molar-refractivity contribution is 7.89. The minimum absolute atomic E-state index is 0.470. The van der Waals surface area contributed by atoms with Crippen molar-refractivity contribution >= 4 is 16.0 Å². The van der Waals surface area contributed by atoms with Crippen LogP contribution >= 0.6 is 0 Å². The maximum absolute atomic E-state index is 11.6. The molecule has 2 N–H and O–H groups in total. The number of halogens is 3. The summed E-state index contributed by atoms with van der Waals surface area (Å²) in [5, 5.41) is 5.38. The van der Waals surface area contributed by atoms with Crippen molar-refractivity contribution in [2.75, 3.05) is 0 Å². The van der Waals surface area contributed by atoms with Crippen molar-refractivity contribution in [2.45, 2.75) is 11.1 Å². The van der Waals surface area contributed by atoms with Crippen molar-refractivity contribution in [3.63, 3.8) is 0 Å². The molecule has 90 valence electrons. The van der Waals surface area contributed by atoms with Gasteiger partial charge in [0.1, 0.15) is 4.90 Å². The molecule has 0 bridgehead atoms. The molecule has 0 atom stereocenters. The summed E-state index contributed by atoms with van der Waals surface area (Å²) in [6.07, 6.45) is -3.56. The lowest BCUT2D eigenvalue weighted by Gasteiger charge is -2.06. The van der Waals surface area contributed by atoms with E-state index in [1.807, 2.05) is 0 Å². The first-order valence-corrected chi connectivity index (χ1v) is 5.00. The van der Waals surface area contributed by atoms with Crippen LogP contribution in [0.1, 0.15) is 0 Å². The summed E-state index contributed by atoms with van der Waals surface area (Å²) in [5.41, 5.74) is 0. The second kappa shape index (κ2) is 4.09. The van der Waals surface area contributed by atoms with Gasteiger partial charge in [-0.1, -0.05) is 0 Å². The SMILES string of the molecule is O=C(ONS(=O)(=O)c1cn[nH]c1)C(F)(F)F. The normalized spacial score (nSPS) is 12.4. The zero-order valence-electron chi connectivity index (χ0n) is 7.28. The molecule has 0 aliphatic heterocycles. The number of hydrogen-bond donors (Lipinski definition) is 2. The summed E-state index contributed by atoms with van der Waals surface area (Å²) in [6.45, 7) is 0. The molecular formula is C5H4F3N3O4S. The van der Waals surface area contributed by atoms with Gasteiger partial charge in [0.15, 0.2) is 0 Å². The van der Waals surface area contributed by atoms with Gasteiger partial charge in [0.25, 0.3) is 10.0 Å². The topological polar surface area (TPSA) is 101 Å². The molecule has 0 saturated carbocycles. The van der Waals surface area contributed by atoms with E-state index in [-0.39, 0.29) is 0 Å². The highest BCUT2D eigenvalue weighted by atomic mass is 32.2. The summed E-state index contributed by atoms with van der Waals surface area (Å²) in [6, 6.07) is 0. The van der Waals surface area contributed by atoms with Crippen LogP contribution in [-0.2, 0) is 19.7 Å². The van der Waals surface area contributed by atoms with E-state index in [1.54, 1.807) is 0 Å². The fraction of sp³-hybridized carbons (Fsp3) is 0.200. The number of rotatable bonds is 3. The van der Waals surface area contributed by atoms with Crippen molar-refractivity contribution < 1.29 is 31.2 Å². The molecule has 0 unspecified atom stereocenters. The second-order valence-electron chi connectivity index (χ2n) is 2.41. The van der Waals surface area contributed by atoms with Crippen molar-refractivity contribution in [1.29, 1.82) is 0 Å². The summed E-state index contributed by atoms with van der Waals surface area (Å²) >= 11 is 0. The number of nitrogens with one attached hydrogen (secondary N) is 2. The molecule has 0 aliphatic carbocycles. The van der Waals surface area contributed by atoms with Crippen LogP contribution in [0.5, 0.6) is 0 Å². The van der Waals surface area contributed by atoms with Gasteiger partial charge in [0.2, 0.25) is 0 Å². The summed E-state index contributed by atoms with van der Waals surface area (Å²) in [7, 11) is -4.36. The number of H-pyrrole nitrogens is 1. The maximum Gasteiger partial charge on any atom is 0.492 e. The minimum Gasteiger partial charge on any atom is -0.348 e. The Labute approximate surface area is 86.6 Å². The molecule has 7 nitrogen and oxygen atoms in total. The largest absolute Gasteiger partial charge is 0.492 e. The number of aromatic nitrogens is 2. The first-order valence-electron chi connectivity index (χ1n) is 3.52. The van der Waals surface area contributed by atoms with E-state index in [2.05, 4.69) is 15.0 Å². The van der Waals surface area contributed by atoms with E-state index >= 15 is 0 Å². The number of nitrogens with zero attached hydrogens (tertiary/aromatic N) is 1. The van der Waals surface area contributed by atoms with Crippen LogP contribution in [-0.4, -0.2) is 30.8 Å². The Morgan fingerprint density at radius 2 is 2.12 bits per heavy atom. The Kier molecular flexibility index (Phi) is 3.19. The average Bonchev–Trinajstić information content (AvgIpc) is 2.65. The molecule has 0 aliphatic rings. The second-order valence-corrected chi connectivity index (χ2v) is 4.05. The monoisotopic (exact) mass is 259 g/mol. The smallest absolute Gasteiger partial charge is 0.348 e. The molecule has 1 aromatic heterocycles. The number of carbonyl (C=O) groups is 1. The number of carbonyl (C=O) groups excluding carboxylic acids is 1. The number of sulfonamides is 1. The van der Waals surface area contributed by atoms with Crippen LogP contribution in [0.15, 0.2) is 17.3 Å². The molecule has 1 aromatic rings. The van der Waals surface area contributed by atoms with Gasteiger partial charge in [0, 0.05) is 6.20 Å². The third kappa shape index (κ3) is 2.93. The Bertz CT molecular complexity index is 466. The van der Waals surface area contributed by atoms with E-state index in [9.17, 15) is 26.4 Å². The zero-order chi connectivity index (χ0) is 12.4. The van der Waals surface area contributed by atoms with Gasteiger partial charge in [-0.2, -0.15) is 18.3 Å². The van der Waals surface area contributed by atoms with Gasteiger partial charge in [-0.25, -0.2) is 13.2 Å². The third-order valence-electron chi connectivity index (χ3n) is 1.26. The number of hydrogen-bond acceptors (Lipinski definition) is 5. The van der Waals surface area contributed by atoms with E-state index in [0.717, 1.165) is 17.3 Å². The number of alkyl halides is 3. The van der Waals surface area contributed by atoms with E-state index in [1.165, 1.54) is 0 Å². The fourth-order valence-corrected chi connectivity index (χ4v) is 1.27. The van der Waals surface area contributed by atoms with Crippen LogP contribution in [0.25, 0.3) is 0 Å². The van der Waals surface area contributed by atoms with Crippen molar-refractivity contribution in [2.24, 2.45) is 0 Å². The van der Waals surface area contributed by atoms with Crippen molar-refractivity contribution in [1.82, 2.24) is 15.1 Å². The van der Waals surface area contributed by atoms with Crippen LogP contribution in [0, 0.1) is 0 Å². The van der Waals surface area contributed by atoms with Gasteiger partial charge < -0.3 is 4.84 Å². The average molecular weight is 259 g/mol. The van der Waals surface area contributed by atoms with Crippen LogP contribution in [0.2, 0.25) is 0 Å². The Hall–Kier alpha value is -1.62. The van der Waals surface area contributed by atoms with Gasteiger partial charge >= 0.3 is 12.1 Å². The highest BCUT2D eigenvalue weighted by Crippen LogP contribution is 2.16. The summed E-state index contributed by atoms with van der Waals surface area (Å²) in [4.78, 5) is 14.1. The summed E-state index contributed by atoms with van der Waals surface area (Å²) < 4.78 is 57.1. The van der Waals surface area contributed by atoms with E-state index < -0.39 is 27.1 Å². The van der Waals surface area contributed by atoms with E-state index in [4.69, 9.17) is 0 Å². The molecule has 16 heavy (non-hydrogen) atoms. The molecule has 0 fully saturated rings. The molecule has 11 heteroatoms. The van der Waals surface area contributed by atoms with Gasteiger partial charge in [-0.05, 0) is 4.89 Å². The van der Waals surface area contributed by atoms with Crippen molar-refractivity contribution in [3.05, 3.63) is 12.4 Å². The molecule has 1 rings (SSSR count). The van der Waals surface area contributed by atoms with Crippen molar-refractivity contribution in [3.8, 4) is 0 Å². The first kappa shape index (κ1) is 12.4. The predicted molar refractivity (Wildman–Crippen MR) is 41.1 cm³/mol. The Morgan fingerprint density at radius 3 is 2.56 bits per heavy atom. The third-order valence-corrected chi connectivity index (χ3v) is 2.41. The van der Waals surface area contributed by atoms with Crippen LogP contribution in [0.3, 0.4) is 0 Å². The Balaban J connectivity index is 2.67. The van der Waals surface area contributed by atoms with Crippen LogP contribution < -0.4 is 4.89 Å². The predicted octanol–water partition coefficient (Wildman–Crippen LogP) is -0.291. The molecule has 0 radical (unpaired) electrons. The lowest BCUT2D eigenvalue weighted by molar-refractivity contribution is -0.203. The molecule has 0 spiro atoms. The highest BCUT2D eigenvalue weighted by Gasteiger charge is 2.42. The standard InChI is InChI=1S/C5H4F3N3O4S/c6-5(7,8)4(12)15-11-16(13,14)3-1-9-10-2-3/h1-2,11H,(H,9,10). The molecular weight excluding hydrogens is 255 g/mol. The molecule has 1 heterocycles. The quantitative estimate of drug-likeness (QED) is 0.726. The minimum atomic E-state index is -5.28. The van der Waals surface area contributed by atoms with E-state index in [0.29, 0.717) is 0 Å². The summed E-state index contributed by atoms with van der Waals surface area (Å²) in [5.74, 6) is -2.67. The maximum atomic E-state index is 11.6. The Morgan fingerprint density at radius 1 is 1.50 bits per heavy atom. The lowest BCUT2D eigenvalue weighted by Crippen LogP contribution is -2.34. The fourth-order valence-electron chi connectivity index (χ4n) is 0.585. The first-order chi connectivity index (χ1) is 7.23. The number of aromatic amines is 1. The van der Waals surface area contributed by atoms with Gasteiger partial charge in [-0.3, -0.25) is 5.10 Å². The van der Waals surface area contributed by atoms with Gasteiger partial charge in [-0.15, -0.1) is 0 Å².